The molecule has 0 aliphatic heterocycles. The van der Waals surface area contributed by atoms with Gasteiger partial charge in [-0.25, -0.2) is 0 Å². The van der Waals surface area contributed by atoms with Crippen LogP contribution in [0.4, 0.5) is 0 Å². The highest BCUT2D eigenvalue weighted by atomic mass is 15.3. The summed E-state index contributed by atoms with van der Waals surface area (Å²) in [5.74, 6) is 0.856. The van der Waals surface area contributed by atoms with Gasteiger partial charge >= 0.3 is 0 Å². The van der Waals surface area contributed by atoms with E-state index < -0.39 is 0 Å². The average Bonchev–Trinajstić information content (AvgIpc) is 2.85. The van der Waals surface area contributed by atoms with E-state index in [1.54, 1.807) is 0 Å². The van der Waals surface area contributed by atoms with Crippen molar-refractivity contribution < 1.29 is 0 Å². The van der Waals surface area contributed by atoms with E-state index in [2.05, 4.69) is 23.5 Å². The van der Waals surface area contributed by atoms with Crippen LogP contribution in [0.1, 0.15) is 32.6 Å². The van der Waals surface area contributed by atoms with Crippen molar-refractivity contribution in [2.24, 2.45) is 5.92 Å². The Hall–Kier alpha value is -0.830. The SMILES string of the molecule is CCNC1CCCC1CCn1cccn1. The van der Waals surface area contributed by atoms with E-state index in [-0.39, 0.29) is 0 Å². The lowest BCUT2D eigenvalue weighted by molar-refractivity contribution is 0.359. The van der Waals surface area contributed by atoms with Crippen LogP contribution in [-0.4, -0.2) is 22.4 Å². The molecule has 2 unspecified atom stereocenters. The van der Waals surface area contributed by atoms with Gasteiger partial charge in [-0.1, -0.05) is 13.3 Å². The van der Waals surface area contributed by atoms with Crippen molar-refractivity contribution in [2.75, 3.05) is 6.54 Å². The molecule has 1 aromatic heterocycles. The maximum Gasteiger partial charge on any atom is 0.0489 e. The summed E-state index contributed by atoms with van der Waals surface area (Å²) in [6.07, 6.45) is 9.31. The molecule has 0 radical (unpaired) electrons. The van der Waals surface area contributed by atoms with Crippen LogP contribution in [-0.2, 0) is 6.54 Å². The largest absolute Gasteiger partial charge is 0.314 e. The normalized spacial score (nSPS) is 25.9. The van der Waals surface area contributed by atoms with Crippen LogP contribution in [0.25, 0.3) is 0 Å². The first-order valence-electron chi connectivity index (χ1n) is 6.11. The van der Waals surface area contributed by atoms with Crippen LogP contribution in [0, 0.1) is 5.92 Å². The molecule has 0 bridgehead atoms. The first-order valence-corrected chi connectivity index (χ1v) is 6.11. The van der Waals surface area contributed by atoms with E-state index in [1.807, 2.05) is 16.9 Å². The van der Waals surface area contributed by atoms with Crippen molar-refractivity contribution in [1.82, 2.24) is 15.1 Å². The van der Waals surface area contributed by atoms with Gasteiger partial charge in [0.1, 0.15) is 0 Å². The van der Waals surface area contributed by atoms with E-state index >= 15 is 0 Å². The van der Waals surface area contributed by atoms with Gasteiger partial charge in [0.15, 0.2) is 0 Å². The van der Waals surface area contributed by atoms with Gasteiger partial charge in [-0.15, -0.1) is 0 Å². The topological polar surface area (TPSA) is 29.9 Å². The van der Waals surface area contributed by atoms with Gasteiger partial charge in [0.05, 0.1) is 0 Å². The lowest BCUT2D eigenvalue weighted by atomic mass is 9.99. The highest BCUT2D eigenvalue weighted by Crippen LogP contribution is 2.28. The maximum atomic E-state index is 4.24. The fraction of sp³-hybridized carbons (Fsp3) is 0.750. The number of aromatic nitrogens is 2. The Labute approximate surface area is 91.9 Å². The highest BCUT2D eigenvalue weighted by molar-refractivity contribution is 4.84. The lowest BCUT2D eigenvalue weighted by Gasteiger charge is -2.20. The Morgan fingerprint density at radius 2 is 2.40 bits per heavy atom. The van der Waals surface area contributed by atoms with Crippen LogP contribution in [0.5, 0.6) is 0 Å². The second-order valence-corrected chi connectivity index (χ2v) is 4.41. The smallest absolute Gasteiger partial charge is 0.0489 e. The number of rotatable bonds is 5. The van der Waals surface area contributed by atoms with E-state index in [0.717, 1.165) is 25.0 Å². The predicted octanol–water partition coefficient (Wildman–Crippen LogP) is 2.05. The third kappa shape index (κ3) is 2.81. The molecule has 15 heavy (non-hydrogen) atoms. The minimum absolute atomic E-state index is 0.755. The summed E-state index contributed by atoms with van der Waals surface area (Å²) >= 11 is 0. The van der Waals surface area contributed by atoms with Crippen LogP contribution >= 0.6 is 0 Å². The van der Waals surface area contributed by atoms with Crippen molar-refractivity contribution in [1.29, 1.82) is 0 Å². The Morgan fingerprint density at radius 3 is 3.13 bits per heavy atom. The minimum atomic E-state index is 0.755. The molecule has 2 rings (SSSR count). The Balaban J connectivity index is 1.78. The molecule has 84 valence electrons. The van der Waals surface area contributed by atoms with Crippen molar-refractivity contribution >= 4 is 0 Å². The minimum Gasteiger partial charge on any atom is -0.314 e. The summed E-state index contributed by atoms with van der Waals surface area (Å²) in [4.78, 5) is 0. The quantitative estimate of drug-likeness (QED) is 0.801. The molecule has 1 aromatic rings. The van der Waals surface area contributed by atoms with E-state index in [0.29, 0.717) is 0 Å². The maximum absolute atomic E-state index is 4.24. The fourth-order valence-corrected chi connectivity index (χ4v) is 2.64. The number of nitrogens with one attached hydrogen (secondary N) is 1. The first kappa shape index (κ1) is 10.7. The van der Waals surface area contributed by atoms with Gasteiger partial charge in [-0.05, 0) is 37.8 Å². The van der Waals surface area contributed by atoms with Gasteiger partial charge in [-0.2, -0.15) is 5.10 Å². The average molecular weight is 207 g/mol. The zero-order valence-electron chi connectivity index (χ0n) is 9.52. The monoisotopic (exact) mass is 207 g/mol. The molecule has 1 aliphatic rings. The van der Waals surface area contributed by atoms with Gasteiger partial charge < -0.3 is 5.32 Å². The summed E-state index contributed by atoms with van der Waals surface area (Å²) in [7, 11) is 0. The first-order chi connectivity index (χ1) is 7.40. The highest BCUT2D eigenvalue weighted by Gasteiger charge is 2.25. The summed E-state index contributed by atoms with van der Waals surface area (Å²) < 4.78 is 2.04. The van der Waals surface area contributed by atoms with Crippen LogP contribution in [0.15, 0.2) is 18.5 Å². The molecule has 0 spiro atoms. The zero-order valence-corrected chi connectivity index (χ0v) is 9.52. The van der Waals surface area contributed by atoms with Crippen LogP contribution < -0.4 is 5.32 Å². The number of hydrogen-bond acceptors (Lipinski definition) is 2. The molecule has 3 heteroatoms. The van der Waals surface area contributed by atoms with Crippen LogP contribution in [0.2, 0.25) is 0 Å². The third-order valence-corrected chi connectivity index (χ3v) is 3.41. The number of aryl methyl sites for hydroxylation is 1. The van der Waals surface area contributed by atoms with Gasteiger partial charge in [0.2, 0.25) is 0 Å². The fourth-order valence-electron chi connectivity index (χ4n) is 2.64. The molecule has 0 saturated heterocycles. The molecule has 1 fully saturated rings. The van der Waals surface area contributed by atoms with Crippen molar-refractivity contribution in [3.05, 3.63) is 18.5 Å². The molecule has 1 N–H and O–H groups in total. The van der Waals surface area contributed by atoms with E-state index in [9.17, 15) is 0 Å². The Kier molecular flexibility index (Phi) is 3.78. The lowest BCUT2D eigenvalue weighted by Crippen LogP contribution is -2.32. The van der Waals surface area contributed by atoms with E-state index in [4.69, 9.17) is 0 Å². The zero-order chi connectivity index (χ0) is 10.5. The Morgan fingerprint density at radius 1 is 1.47 bits per heavy atom. The summed E-state index contributed by atoms with van der Waals surface area (Å²) in [5, 5.41) is 7.84. The second-order valence-electron chi connectivity index (χ2n) is 4.41. The predicted molar refractivity (Wildman–Crippen MR) is 61.6 cm³/mol. The third-order valence-electron chi connectivity index (χ3n) is 3.41. The van der Waals surface area contributed by atoms with Crippen molar-refractivity contribution in [3.63, 3.8) is 0 Å². The number of nitrogens with zero attached hydrogens (tertiary/aromatic N) is 2. The molecule has 2 atom stereocenters. The van der Waals surface area contributed by atoms with Gasteiger partial charge in [-0.3, -0.25) is 4.68 Å². The van der Waals surface area contributed by atoms with Gasteiger partial charge in [0.25, 0.3) is 0 Å². The van der Waals surface area contributed by atoms with E-state index in [1.165, 1.54) is 25.7 Å². The second kappa shape index (κ2) is 5.31. The number of hydrogen-bond donors (Lipinski definition) is 1. The molecule has 0 aromatic carbocycles. The molecule has 0 amide bonds. The molecular weight excluding hydrogens is 186 g/mol. The molecule has 1 saturated carbocycles. The van der Waals surface area contributed by atoms with Crippen molar-refractivity contribution in [2.45, 2.75) is 45.2 Å². The molecule has 1 aliphatic carbocycles. The van der Waals surface area contributed by atoms with Gasteiger partial charge in [0, 0.05) is 25.0 Å². The molecule has 3 nitrogen and oxygen atoms in total. The molecular formula is C12H21N3. The van der Waals surface area contributed by atoms with Crippen molar-refractivity contribution in [3.8, 4) is 0 Å². The molecule has 1 heterocycles. The standard InChI is InChI=1S/C12H21N3/c1-2-13-12-6-3-5-11(12)7-10-15-9-4-8-14-15/h4,8-9,11-13H,2-3,5-7,10H2,1H3. The summed E-state index contributed by atoms with van der Waals surface area (Å²) in [5.41, 5.74) is 0. The summed E-state index contributed by atoms with van der Waals surface area (Å²) in [6.45, 7) is 4.37. The Bertz CT molecular complexity index is 268. The summed E-state index contributed by atoms with van der Waals surface area (Å²) in [6, 6.07) is 2.75. The van der Waals surface area contributed by atoms with Crippen LogP contribution in [0.3, 0.4) is 0 Å².